The number of nitrogens with one attached hydrogen (secondary N) is 1. The molecule has 0 spiro atoms. The van der Waals surface area contributed by atoms with Crippen LogP contribution in [-0.2, 0) is 4.74 Å². The standard InChI is InChI=1S/C21H16ClNO5/c1-13(19(24)14-4-8-16(22)9-5-14)28-21(26)15-6-10-17(11-7-15)23-20(25)18-3-2-12-27-18/h2-13H,1H3,(H,23,25)/t13-/m1/s1. The number of Topliss-reactive ketones (excluding diaryl/α,β-unsaturated/α-hetero) is 1. The number of ketones is 1. The van der Waals surface area contributed by atoms with Crippen LogP contribution in [0.15, 0.2) is 71.3 Å². The van der Waals surface area contributed by atoms with E-state index in [9.17, 15) is 14.4 Å². The molecule has 0 bridgehead atoms. The summed E-state index contributed by atoms with van der Waals surface area (Å²) in [6.07, 6.45) is 0.451. The van der Waals surface area contributed by atoms with Gasteiger partial charge in [-0.25, -0.2) is 4.79 Å². The number of rotatable bonds is 6. The molecule has 0 aliphatic carbocycles. The zero-order valence-electron chi connectivity index (χ0n) is 14.8. The molecule has 1 aromatic heterocycles. The van der Waals surface area contributed by atoms with Gasteiger partial charge in [0.05, 0.1) is 11.8 Å². The molecule has 2 aromatic carbocycles. The lowest BCUT2D eigenvalue weighted by Crippen LogP contribution is -2.24. The van der Waals surface area contributed by atoms with Gasteiger partial charge >= 0.3 is 5.97 Å². The van der Waals surface area contributed by atoms with Crippen LogP contribution < -0.4 is 5.32 Å². The quantitative estimate of drug-likeness (QED) is 0.484. The molecule has 7 heteroatoms. The summed E-state index contributed by atoms with van der Waals surface area (Å²) in [5.74, 6) is -1.19. The Kier molecular flexibility index (Phi) is 5.91. The van der Waals surface area contributed by atoms with Crippen molar-refractivity contribution in [1.82, 2.24) is 0 Å². The second-order valence-electron chi connectivity index (χ2n) is 5.93. The topological polar surface area (TPSA) is 85.6 Å². The van der Waals surface area contributed by atoms with E-state index in [0.717, 1.165) is 0 Å². The number of halogens is 1. The third-order valence-electron chi connectivity index (χ3n) is 3.91. The van der Waals surface area contributed by atoms with Crippen LogP contribution in [0, 0.1) is 0 Å². The number of hydrogen-bond acceptors (Lipinski definition) is 5. The van der Waals surface area contributed by atoms with E-state index in [0.29, 0.717) is 16.3 Å². The van der Waals surface area contributed by atoms with Gasteiger partial charge < -0.3 is 14.5 Å². The first-order valence-corrected chi connectivity index (χ1v) is 8.77. The molecule has 3 aromatic rings. The molecule has 0 saturated heterocycles. The van der Waals surface area contributed by atoms with E-state index in [1.54, 1.807) is 48.5 Å². The van der Waals surface area contributed by atoms with Crippen molar-refractivity contribution in [2.45, 2.75) is 13.0 Å². The highest BCUT2D eigenvalue weighted by Gasteiger charge is 2.20. The Hall–Kier alpha value is -3.38. The van der Waals surface area contributed by atoms with E-state index in [2.05, 4.69) is 5.32 Å². The number of carbonyl (C=O) groups is 3. The van der Waals surface area contributed by atoms with Gasteiger partial charge in [-0.3, -0.25) is 9.59 Å². The fourth-order valence-corrected chi connectivity index (χ4v) is 2.55. The van der Waals surface area contributed by atoms with E-state index in [4.69, 9.17) is 20.8 Å². The highest BCUT2D eigenvalue weighted by Crippen LogP contribution is 2.15. The molecule has 28 heavy (non-hydrogen) atoms. The van der Waals surface area contributed by atoms with E-state index in [-0.39, 0.29) is 17.1 Å². The third kappa shape index (κ3) is 4.66. The molecular formula is C21H16ClNO5. The minimum atomic E-state index is -0.952. The molecule has 1 heterocycles. The summed E-state index contributed by atoms with van der Waals surface area (Å²) in [6, 6.07) is 15.6. The largest absolute Gasteiger partial charge is 0.459 e. The lowest BCUT2D eigenvalue weighted by atomic mass is 10.1. The number of amides is 1. The molecule has 0 unspecified atom stereocenters. The Morgan fingerprint density at radius 2 is 1.61 bits per heavy atom. The summed E-state index contributed by atoms with van der Waals surface area (Å²) < 4.78 is 10.3. The van der Waals surface area contributed by atoms with Crippen molar-refractivity contribution in [1.29, 1.82) is 0 Å². The van der Waals surface area contributed by atoms with Crippen molar-refractivity contribution in [2.75, 3.05) is 5.32 Å². The van der Waals surface area contributed by atoms with Gasteiger partial charge in [0.1, 0.15) is 0 Å². The van der Waals surface area contributed by atoms with Gasteiger partial charge in [0.15, 0.2) is 11.9 Å². The Morgan fingerprint density at radius 3 is 2.21 bits per heavy atom. The average molecular weight is 398 g/mol. The van der Waals surface area contributed by atoms with Crippen LogP contribution in [0.25, 0.3) is 0 Å². The van der Waals surface area contributed by atoms with Crippen molar-refractivity contribution in [2.24, 2.45) is 0 Å². The minimum Gasteiger partial charge on any atom is -0.459 e. The van der Waals surface area contributed by atoms with Crippen LogP contribution in [0.5, 0.6) is 0 Å². The number of carbonyl (C=O) groups excluding carboxylic acids is 3. The van der Waals surface area contributed by atoms with Crippen LogP contribution in [-0.4, -0.2) is 23.8 Å². The summed E-state index contributed by atoms with van der Waals surface area (Å²) in [4.78, 5) is 36.5. The predicted molar refractivity (Wildman–Crippen MR) is 104 cm³/mol. The number of esters is 1. The second kappa shape index (κ2) is 8.54. The smallest absolute Gasteiger partial charge is 0.338 e. The monoisotopic (exact) mass is 397 g/mol. The maximum absolute atomic E-state index is 12.3. The molecule has 0 aliphatic rings. The zero-order valence-corrected chi connectivity index (χ0v) is 15.6. The van der Waals surface area contributed by atoms with Crippen molar-refractivity contribution in [3.8, 4) is 0 Å². The molecule has 0 saturated carbocycles. The number of hydrogen-bond donors (Lipinski definition) is 1. The van der Waals surface area contributed by atoms with Gasteiger partial charge in [0.2, 0.25) is 5.78 Å². The van der Waals surface area contributed by atoms with Crippen LogP contribution in [0.4, 0.5) is 5.69 Å². The number of anilines is 1. The third-order valence-corrected chi connectivity index (χ3v) is 4.16. The molecule has 0 radical (unpaired) electrons. The van der Waals surface area contributed by atoms with Gasteiger partial charge in [-0.2, -0.15) is 0 Å². The van der Waals surface area contributed by atoms with Crippen molar-refractivity contribution < 1.29 is 23.5 Å². The molecule has 0 fully saturated rings. The van der Waals surface area contributed by atoms with Crippen LogP contribution in [0.2, 0.25) is 5.02 Å². The van der Waals surface area contributed by atoms with E-state index < -0.39 is 18.0 Å². The molecule has 1 N–H and O–H groups in total. The summed E-state index contributed by atoms with van der Waals surface area (Å²) >= 11 is 5.81. The maximum Gasteiger partial charge on any atom is 0.338 e. The van der Waals surface area contributed by atoms with E-state index in [1.807, 2.05) is 0 Å². The summed E-state index contributed by atoms with van der Waals surface area (Å²) in [7, 11) is 0. The fourth-order valence-electron chi connectivity index (χ4n) is 2.42. The summed E-state index contributed by atoms with van der Waals surface area (Å²) in [6.45, 7) is 1.51. The lowest BCUT2D eigenvalue weighted by Gasteiger charge is -2.13. The highest BCUT2D eigenvalue weighted by atomic mass is 35.5. The van der Waals surface area contributed by atoms with Crippen LogP contribution >= 0.6 is 11.6 Å². The molecular weight excluding hydrogens is 382 g/mol. The van der Waals surface area contributed by atoms with E-state index >= 15 is 0 Å². The van der Waals surface area contributed by atoms with Crippen LogP contribution in [0.1, 0.15) is 38.2 Å². The Balaban J connectivity index is 1.60. The van der Waals surface area contributed by atoms with Gasteiger partial charge in [-0.1, -0.05) is 11.6 Å². The van der Waals surface area contributed by atoms with Gasteiger partial charge in [0.25, 0.3) is 5.91 Å². The molecule has 142 valence electrons. The first-order chi connectivity index (χ1) is 13.4. The Morgan fingerprint density at radius 1 is 0.964 bits per heavy atom. The number of benzene rings is 2. The molecule has 1 amide bonds. The lowest BCUT2D eigenvalue weighted by molar-refractivity contribution is 0.0319. The van der Waals surface area contributed by atoms with Gasteiger partial charge in [-0.05, 0) is 67.6 Å². The molecule has 6 nitrogen and oxygen atoms in total. The minimum absolute atomic E-state index is 0.179. The predicted octanol–water partition coefficient (Wildman–Crippen LogP) is 4.61. The molecule has 0 aliphatic heterocycles. The summed E-state index contributed by atoms with van der Waals surface area (Å²) in [5.41, 5.74) is 1.15. The molecule has 3 rings (SSSR count). The highest BCUT2D eigenvalue weighted by molar-refractivity contribution is 6.30. The fraction of sp³-hybridized carbons (Fsp3) is 0.0952. The zero-order chi connectivity index (χ0) is 20.1. The summed E-state index contributed by atoms with van der Waals surface area (Å²) in [5, 5.41) is 3.16. The van der Waals surface area contributed by atoms with Crippen LogP contribution in [0.3, 0.4) is 0 Å². The average Bonchev–Trinajstić information content (AvgIpc) is 3.23. The number of furan rings is 1. The van der Waals surface area contributed by atoms with Gasteiger partial charge in [-0.15, -0.1) is 0 Å². The number of ether oxygens (including phenoxy) is 1. The Bertz CT molecular complexity index is 979. The van der Waals surface area contributed by atoms with Crippen molar-refractivity contribution in [3.05, 3.63) is 88.8 Å². The maximum atomic E-state index is 12.3. The normalized spacial score (nSPS) is 11.5. The first kappa shape index (κ1) is 19.4. The van der Waals surface area contributed by atoms with Gasteiger partial charge in [0, 0.05) is 16.3 Å². The Labute approximate surface area is 166 Å². The van der Waals surface area contributed by atoms with Crippen molar-refractivity contribution >= 4 is 34.9 Å². The van der Waals surface area contributed by atoms with E-state index in [1.165, 1.54) is 25.3 Å². The van der Waals surface area contributed by atoms with Crippen molar-refractivity contribution in [3.63, 3.8) is 0 Å². The second-order valence-corrected chi connectivity index (χ2v) is 6.36. The SMILES string of the molecule is C[C@@H](OC(=O)c1ccc(NC(=O)c2ccco2)cc1)C(=O)c1ccc(Cl)cc1. The molecule has 1 atom stereocenters. The first-order valence-electron chi connectivity index (χ1n) is 8.40.